The van der Waals surface area contributed by atoms with E-state index in [-0.39, 0.29) is 12.1 Å². The van der Waals surface area contributed by atoms with Crippen molar-refractivity contribution in [3.05, 3.63) is 44.7 Å². The summed E-state index contributed by atoms with van der Waals surface area (Å²) < 4.78 is 28.8. The van der Waals surface area contributed by atoms with Gasteiger partial charge < -0.3 is 5.73 Å². The molecule has 1 aromatic heterocycles. The lowest BCUT2D eigenvalue weighted by molar-refractivity contribution is 0.492. The number of hydrogen-bond acceptors (Lipinski definition) is 2. The number of nitrogens with zero attached hydrogens (tertiary/aromatic N) is 2. The second-order valence-corrected chi connectivity index (χ2v) is 4.73. The quantitative estimate of drug-likeness (QED) is 0.848. The molecule has 3 nitrogen and oxygen atoms in total. The fraction of sp³-hybridized carbons (Fsp3) is 0.182. The molecule has 2 rings (SSSR count). The molecule has 0 bridgehead atoms. The lowest BCUT2D eigenvalue weighted by Gasteiger charge is -2.06. The lowest BCUT2D eigenvalue weighted by Crippen LogP contribution is -2.08. The average molecular weight is 349 g/mol. The highest BCUT2D eigenvalue weighted by atomic mass is 127. The summed E-state index contributed by atoms with van der Waals surface area (Å²) in [5.41, 5.74) is 6.83. The highest BCUT2D eigenvalue weighted by molar-refractivity contribution is 14.1. The highest BCUT2D eigenvalue weighted by Gasteiger charge is 2.13. The van der Waals surface area contributed by atoms with Gasteiger partial charge in [0.15, 0.2) is 11.6 Å². The smallest absolute Gasteiger partial charge is 0.163 e. The zero-order chi connectivity index (χ0) is 12.6. The van der Waals surface area contributed by atoms with Crippen LogP contribution in [0.2, 0.25) is 0 Å². The third-order valence-corrected chi connectivity index (χ3v) is 3.78. The standard InChI is InChI=1S/C11H10F2IN3/c1-6-10(14)11(15)17(16-6)5-7-3-2-4-8(12)9(7)13/h2-4H,5,15H2,1H3. The molecule has 0 radical (unpaired) electrons. The third-order valence-electron chi connectivity index (χ3n) is 2.44. The molecular formula is C11H10F2IN3. The van der Waals surface area contributed by atoms with Crippen molar-refractivity contribution >= 4 is 28.4 Å². The van der Waals surface area contributed by atoms with Crippen LogP contribution in [0.15, 0.2) is 18.2 Å². The van der Waals surface area contributed by atoms with E-state index in [1.54, 1.807) is 0 Å². The second-order valence-electron chi connectivity index (χ2n) is 3.66. The first-order valence-corrected chi connectivity index (χ1v) is 6.00. The van der Waals surface area contributed by atoms with Crippen molar-refractivity contribution in [2.45, 2.75) is 13.5 Å². The van der Waals surface area contributed by atoms with Gasteiger partial charge >= 0.3 is 0 Å². The molecule has 1 aromatic carbocycles. The topological polar surface area (TPSA) is 43.8 Å². The number of hydrogen-bond donors (Lipinski definition) is 1. The van der Waals surface area contributed by atoms with E-state index in [0.717, 1.165) is 15.3 Å². The van der Waals surface area contributed by atoms with Crippen LogP contribution in [-0.4, -0.2) is 9.78 Å². The number of rotatable bonds is 2. The molecule has 6 heteroatoms. The van der Waals surface area contributed by atoms with Crippen molar-refractivity contribution in [1.82, 2.24) is 9.78 Å². The zero-order valence-electron chi connectivity index (χ0n) is 9.04. The SMILES string of the molecule is Cc1nn(Cc2cccc(F)c2F)c(N)c1I. The highest BCUT2D eigenvalue weighted by Crippen LogP contribution is 2.20. The lowest BCUT2D eigenvalue weighted by atomic mass is 10.2. The molecule has 2 aromatic rings. The van der Waals surface area contributed by atoms with Gasteiger partial charge in [0.25, 0.3) is 0 Å². The van der Waals surface area contributed by atoms with E-state index in [2.05, 4.69) is 27.7 Å². The van der Waals surface area contributed by atoms with Gasteiger partial charge in [0.1, 0.15) is 5.82 Å². The second kappa shape index (κ2) is 4.59. The Morgan fingerprint density at radius 2 is 2.12 bits per heavy atom. The summed E-state index contributed by atoms with van der Waals surface area (Å²) in [6.45, 7) is 1.94. The molecule has 0 spiro atoms. The number of aryl methyl sites for hydroxylation is 1. The molecule has 0 aliphatic carbocycles. The van der Waals surface area contributed by atoms with Crippen LogP contribution in [0.25, 0.3) is 0 Å². The van der Waals surface area contributed by atoms with Gasteiger partial charge in [-0.3, -0.25) is 0 Å². The Morgan fingerprint density at radius 3 is 2.71 bits per heavy atom. The van der Waals surface area contributed by atoms with Crippen LogP contribution in [0.3, 0.4) is 0 Å². The summed E-state index contributed by atoms with van der Waals surface area (Å²) in [7, 11) is 0. The number of aromatic nitrogens is 2. The Hall–Kier alpha value is -1.18. The van der Waals surface area contributed by atoms with E-state index < -0.39 is 11.6 Å². The first-order valence-electron chi connectivity index (χ1n) is 4.92. The number of halogens is 3. The molecule has 0 aliphatic heterocycles. The minimum Gasteiger partial charge on any atom is -0.383 e. The van der Waals surface area contributed by atoms with Gasteiger partial charge in [-0.1, -0.05) is 12.1 Å². The van der Waals surface area contributed by atoms with E-state index in [1.807, 2.05) is 6.92 Å². The van der Waals surface area contributed by atoms with Crippen molar-refractivity contribution < 1.29 is 8.78 Å². The van der Waals surface area contributed by atoms with Gasteiger partial charge in [0.2, 0.25) is 0 Å². The van der Waals surface area contributed by atoms with Crippen LogP contribution in [0.4, 0.5) is 14.6 Å². The molecule has 0 aliphatic rings. The third kappa shape index (κ3) is 2.26. The Balaban J connectivity index is 2.38. The molecular weight excluding hydrogens is 339 g/mol. The number of nitrogens with two attached hydrogens (primary N) is 1. The fourth-order valence-corrected chi connectivity index (χ4v) is 1.92. The largest absolute Gasteiger partial charge is 0.383 e. The minimum absolute atomic E-state index is 0.124. The maximum atomic E-state index is 13.5. The monoisotopic (exact) mass is 349 g/mol. The summed E-state index contributed by atoms with van der Waals surface area (Å²) in [4.78, 5) is 0. The van der Waals surface area contributed by atoms with Crippen LogP contribution in [0.5, 0.6) is 0 Å². The van der Waals surface area contributed by atoms with E-state index in [4.69, 9.17) is 5.73 Å². The first kappa shape index (κ1) is 12.3. The van der Waals surface area contributed by atoms with Gasteiger partial charge in [-0.25, -0.2) is 13.5 Å². The van der Waals surface area contributed by atoms with Gasteiger partial charge in [-0.15, -0.1) is 0 Å². The number of nitrogen functional groups attached to an aromatic ring is 1. The molecule has 0 fully saturated rings. The number of anilines is 1. The van der Waals surface area contributed by atoms with Gasteiger partial charge in [0, 0.05) is 5.56 Å². The molecule has 17 heavy (non-hydrogen) atoms. The molecule has 0 atom stereocenters. The molecule has 2 N–H and O–H groups in total. The van der Waals surface area contributed by atoms with Crippen molar-refractivity contribution in [3.8, 4) is 0 Å². The van der Waals surface area contributed by atoms with Crippen LogP contribution in [-0.2, 0) is 6.54 Å². The minimum atomic E-state index is -0.861. The summed E-state index contributed by atoms with van der Waals surface area (Å²) in [6.07, 6.45) is 0. The summed E-state index contributed by atoms with van der Waals surface area (Å²) in [6, 6.07) is 4.06. The Morgan fingerprint density at radius 1 is 1.41 bits per heavy atom. The zero-order valence-corrected chi connectivity index (χ0v) is 11.2. The van der Waals surface area contributed by atoms with Crippen LogP contribution in [0, 0.1) is 22.1 Å². The number of benzene rings is 1. The van der Waals surface area contributed by atoms with Crippen molar-refractivity contribution in [2.75, 3.05) is 5.73 Å². The Labute approximate surface area is 111 Å². The summed E-state index contributed by atoms with van der Waals surface area (Å²) in [5.74, 6) is -1.25. The normalized spacial score (nSPS) is 10.8. The van der Waals surface area contributed by atoms with Crippen molar-refractivity contribution in [2.24, 2.45) is 0 Å². The van der Waals surface area contributed by atoms with Crippen molar-refractivity contribution in [3.63, 3.8) is 0 Å². The van der Waals surface area contributed by atoms with E-state index >= 15 is 0 Å². The molecule has 1 heterocycles. The Bertz CT molecular complexity index is 566. The maximum Gasteiger partial charge on any atom is 0.163 e. The van der Waals surface area contributed by atoms with Crippen LogP contribution < -0.4 is 5.73 Å². The molecule has 0 amide bonds. The van der Waals surface area contributed by atoms with Gasteiger partial charge in [0.05, 0.1) is 15.8 Å². The Kier molecular flexibility index (Phi) is 3.32. The fourth-order valence-electron chi connectivity index (χ4n) is 1.53. The molecule has 0 saturated carbocycles. The maximum absolute atomic E-state index is 13.5. The first-order chi connectivity index (χ1) is 8.00. The van der Waals surface area contributed by atoms with Gasteiger partial charge in [-0.05, 0) is 35.6 Å². The molecule has 0 unspecified atom stereocenters. The molecule has 90 valence electrons. The van der Waals surface area contributed by atoms with Gasteiger partial charge in [-0.2, -0.15) is 5.10 Å². The van der Waals surface area contributed by atoms with E-state index in [9.17, 15) is 8.78 Å². The summed E-state index contributed by atoms with van der Waals surface area (Å²) >= 11 is 2.07. The van der Waals surface area contributed by atoms with Crippen LogP contribution in [0.1, 0.15) is 11.3 Å². The molecule has 0 saturated heterocycles. The van der Waals surface area contributed by atoms with Crippen molar-refractivity contribution in [1.29, 1.82) is 0 Å². The van der Waals surface area contributed by atoms with E-state index in [0.29, 0.717) is 5.82 Å². The summed E-state index contributed by atoms with van der Waals surface area (Å²) in [5, 5.41) is 4.17. The predicted octanol–water partition coefficient (Wildman–Crippen LogP) is 2.70. The average Bonchev–Trinajstić information content (AvgIpc) is 2.53. The van der Waals surface area contributed by atoms with Crippen LogP contribution >= 0.6 is 22.6 Å². The van der Waals surface area contributed by atoms with E-state index in [1.165, 1.54) is 16.8 Å². The predicted molar refractivity (Wildman–Crippen MR) is 69.6 cm³/mol.